The molecule has 3 aromatic rings. The number of nitriles is 1. The predicted molar refractivity (Wildman–Crippen MR) is 114 cm³/mol. The lowest BCUT2D eigenvalue weighted by Gasteiger charge is -2.27. The first-order valence-electron chi connectivity index (χ1n) is 9.97. The molecule has 2 N–H and O–H groups in total. The fourth-order valence-electron chi connectivity index (χ4n) is 3.76. The van der Waals surface area contributed by atoms with Crippen LogP contribution >= 0.6 is 0 Å². The van der Waals surface area contributed by atoms with Crippen molar-refractivity contribution in [1.29, 1.82) is 5.26 Å². The number of ether oxygens (including phenoxy) is 1. The van der Waals surface area contributed by atoms with Gasteiger partial charge in [0.15, 0.2) is 11.6 Å². The van der Waals surface area contributed by atoms with Crippen molar-refractivity contribution < 1.29 is 4.74 Å². The van der Waals surface area contributed by atoms with Gasteiger partial charge in [0.1, 0.15) is 0 Å². The van der Waals surface area contributed by atoms with Crippen LogP contribution in [0.2, 0.25) is 0 Å². The van der Waals surface area contributed by atoms with Crippen LogP contribution in [0.5, 0.6) is 11.6 Å². The maximum Gasteiger partial charge on any atom is 0.263 e. The number of nitrogen functional groups attached to an aromatic ring is 1. The molecule has 1 unspecified atom stereocenters. The molecule has 0 saturated heterocycles. The summed E-state index contributed by atoms with van der Waals surface area (Å²) < 4.78 is 7.56. The van der Waals surface area contributed by atoms with Crippen LogP contribution in [0.15, 0.2) is 30.7 Å². The van der Waals surface area contributed by atoms with Crippen molar-refractivity contribution in [3.8, 4) is 29.0 Å². The maximum absolute atomic E-state index is 8.86. The molecular weight excluding hydrogens is 378 g/mol. The largest absolute Gasteiger partial charge is 0.433 e. The van der Waals surface area contributed by atoms with Gasteiger partial charge >= 0.3 is 0 Å². The first kappa shape index (κ1) is 19.9. The highest BCUT2D eigenvalue weighted by Crippen LogP contribution is 2.31. The average molecular weight is 403 g/mol. The van der Waals surface area contributed by atoms with Crippen molar-refractivity contribution in [2.45, 2.75) is 39.3 Å². The van der Waals surface area contributed by atoms with Gasteiger partial charge in [-0.15, -0.1) is 0 Å². The van der Waals surface area contributed by atoms with E-state index in [1.807, 2.05) is 6.92 Å². The van der Waals surface area contributed by atoms with Gasteiger partial charge in [-0.25, -0.2) is 9.97 Å². The number of hydrogen-bond acceptors (Lipinski definition) is 7. The van der Waals surface area contributed by atoms with E-state index in [1.54, 1.807) is 23.3 Å². The highest BCUT2D eigenvalue weighted by Gasteiger charge is 2.18. The molecule has 0 saturated carbocycles. The summed E-state index contributed by atoms with van der Waals surface area (Å²) in [6.07, 6.45) is 6.42. The van der Waals surface area contributed by atoms with Crippen LogP contribution in [0.25, 0.3) is 11.3 Å². The van der Waals surface area contributed by atoms with E-state index >= 15 is 0 Å². The second-order valence-corrected chi connectivity index (χ2v) is 7.83. The number of rotatable bonds is 5. The number of aromatic nitrogens is 4. The number of fused-ring (bicyclic) bond motifs is 1. The zero-order valence-electron chi connectivity index (χ0n) is 17.5. The molecule has 0 radical (unpaired) electrons. The molecule has 0 amide bonds. The summed E-state index contributed by atoms with van der Waals surface area (Å²) >= 11 is 0. The van der Waals surface area contributed by atoms with Crippen LogP contribution < -0.4 is 10.5 Å². The molecule has 0 aliphatic carbocycles. The Labute approximate surface area is 175 Å². The van der Waals surface area contributed by atoms with E-state index in [9.17, 15) is 0 Å². The summed E-state index contributed by atoms with van der Waals surface area (Å²) in [5.41, 5.74) is 11.7. The van der Waals surface area contributed by atoms with Crippen molar-refractivity contribution in [3.05, 3.63) is 47.4 Å². The Morgan fingerprint density at radius 3 is 2.97 bits per heavy atom. The third-order valence-electron chi connectivity index (χ3n) is 5.44. The van der Waals surface area contributed by atoms with E-state index in [4.69, 9.17) is 15.7 Å². The molecule has 0 spiro atoms. The maximum atomic E-state index is 8.86. The third kappa shape index (κ3) is 3.98. The second-order valence-electron chi connectivity index (χ2n) is 7.83. The number of nitrogens with two attached hydrogens (primary N) is 1. The van der Waals surface area contributed by atoms with Crippen LogP contribution in [0.4, 0.5) is 5.82 Å². The summed E-state index contributed by atoms with van der Waals surface area (Å²) in [6.45, 7) is 6.07. The Balaban J connectivity index is 1.62. The Hall–Kier alpha value is -3.44. The van der Waals surface area contributed by atoms with Gasteiger partial charge in [-0.2, -0.15) is 10.4 Å². The lowest BCUT2D eigenvalue weighted by atomic mass is 9.92. The molecule has 1 atom stereocenters. The molecule has 8 nitrogen and oxygen atoms in total. The minimum absolute atomic E-state index is 0.0429. The highest BCUT2D eigenvalue weighted by molar-refractivity contribution is 5.64. The van der Waals surface area contributed by atoms with Crippen molar-refractivity contribution in [2.24, 2.45) is 0 Å². The average Bonchev–Trinajstić information content (AvgIpc) is 3.18. The minimum Gasteiger partial charge on any atom is -0.433 e. The minimum atomic E-state index is -0.0429. The quantitative estimate of drug-likeness (QED) is 0.695. The topological polar surface area (TPSA) is 106 Å². The summed E-state index contributed by atoms with van der Waals surface area (Å²) in [6, 6.07) is 6.43. The lowest BCUT2D eigenvalue weighted by molar-refractivity contribution is 0.312. The zero-order chi connectivity index (χ0) is 21.3. The highest BCUT2D eigenvalue weighted by atomic mass is 16.5. The molecule has 2 aromatic heterocycles. The summed E-state index contributed by atoms with van der Waals surface area (Å²) in [7, 11) is 2.14. The summed E-state index contributed by atoms with van der Waals surface area (Å²) in [5.74, 6) is 0.958. The van der Waals surface area contributed by atoms with Crippen LogP contribution in [0.3, 0.4) is 0 Å². The number of aryl methyl sites for hydroxylation is 1. The van der Waals surface area contributed by atoms with Gasteiger partial charge in [-0.1, -0.05) is 0 Å². The summed E-state index contributed by atoms with van der Waals surface area (Å²) in [4.78, 5) is 11.2. The van der Waals surface area contributed by atoms with E-state index in [0.29, 0.717) is 17.9 Å². The van der Waals surface area contributed by atoms with Gasteiger partial charge < -0.3 is 15.4 Å². The van der Waals surface area contributed by atoms with E-state index in [0.717, 1.165) is 25.1 Å². The Bertz CT molecular complexity index is 1120. The molecular formula is C22H25N7O. The molecule has 1 aliphatic rings. The van der Waals surface area contributed by atoms with Gasteiger partial charge in [-0.3, -0.25) is 4.68 Å². The van der Waals surface area contributed by atoms with E-state index in [1.165, 1.54) is 16.7 Å². The van der Waals surface area contributed by atoms with Crippen molar-refractivity contribution in [2.75, 3.05) is 19.3 Å². The lowest BCUT2D eigenvalue weighted by Crippen LogP contribution is -2.27. The number of nitrogens with zero attached hydrogens (tertiary/aromatic N) is 6. The molecule has 3 heterocycles. The smallest absolute Gasteiger partial charge is 0.263 e. The normalized spacial score (nSPS) is 14.7. The van der Waals surface area contributed by atoms with Crippen molar-refractivity contribution in [1.82, 2.24) is 24.6 Å². The van der Waals surface area contributed by atoms with Gasteiger partial charge in [0.05, 0.1) is 42.8 Å². The van der Waals surface area contributed by atoms with Gasteiger partial charge in [0.25, 0.3) is 5.88 Å². The van der Waals surface area contributed by atoms with Crippen LogP contribution in [0.1, 0.15) is 36.1 Å². The molecule has 1 aromatic carbocycles. The zero-order valence-corrected chi connectivity index (χ0v) is 17.5. The Morgan fingerprint density at radius 1 is 1.33 bits per heavy atom. The molecule has 30 heavy (non-hydrogen) atoms. The predicted octanol–water partition coefficient (Wildman–Crippen LogP) is 3.49. The molecule has 0 bridgehead atoms. The molecule has 0 fully saturated rings. The second kappa shape index (κ2) is 8.13. The van der Waals surface area contributed by atoms with Crippen LogP contribution in [-0.2, 0) is 13.0 Å². The Kier molecular flexibility index (Phi) is 5.38. The number of anilines is 1. The van der Waals surface area contributed by atoms with Gasteiger partial charge in [0.2, 0.25) is 0 Å². The summed E-state index contributed by atoms with van der Waals surface area (Å²) in [5, 5.41) is 13.1. The standard InChI is InChI=1S/C22H25N7O/c1-14-8-16(9-17-12-28(3)7-5-19(14)17)20-11-25-21(24)22(27-20)30-18-10-26-29(13-18)15(2)4-6-23/h8-11,13,15H,4-5,7,12H2,1-3H3,(H2,24,25). The van der Waals surface area contributed by atoms with E-state index < -0.39 is 0 Å². The Morgan fingerprint density at radius 2 is 2.17 bits per heavy atom. The molecule has 8 heteroatoms. The number of likely N-dealkylation sites (N-methyl/N-ethyl adjacent to an activating group) is 1. The first-order valence-corrected chi connectivity index (χ1v) is 9.97. The molecule has 4 rings (SSSR count). The van der Waals surface area contributed by atoms with Crippen molar-refractivity contribution in [3.63, 3.8) is 0 Å². The van der Waals surface area contributed by atoms with Crippen LogP contribution in [-0.4, -0.2) is 38.2 Å². The molecule has 154 valence electrons. The first-order chi connectivity index (χ1) is 14.4. The van der Waals surface area contributed by atoms with E-state index in [-0.39, 0.29) is 17.7 Å². The van der Waals surface area contributed by atoms with Crippen molar-refractivity contribution >= 4 is 5.82 Å². The van der Waals surface area contributed by atoms with Gasteiger partial charge in [-0.05, 0) is 56.1 Å². The van der Waals surface area contributed by atoms with Crippen LogP contribution in [0, 0.1) is 18.3 Å². The van der Waals surface area contributed by atoms with E-state index in [2.05, 4.69) is 52.1 Å². The third-order valence-corrected chi connectivity index (χ3v) is 5.44. The fourth-order valence-corrected chi connectivity index (χ4v) is 3.76. The number of benzene rings is 1. The van der Waals surface area contributed by atoms with Gasteiger partial charge in [0, 0.05) is 18.7 Å². The monoisotopic (exact) mass is 403 g/mol. The fraction of sp³-hybridized carbons (Fsp3) is 0.364. The number of hydrogen-bond donors (Lipinski definition) is 1. The SMILES string of the molecule is Cc1cc(-c2cnc(N)c(Oc3cnn(C(C)CC#N)c3)n2)cc2c1CCN(C)C2. The molecule has 1 aliphatic heterocycles.